The number of carbonyl (C=O) groups excluding carboxylic acids is 1. The molecule has 4 nitrogen and oxygen atoms in total. The van der Waals surface area contributed by atoms with E-state index in [0.29, 0.717) is 6.54 Å². The number of rotatable bonds is 4. The van der Waals surface area contributed by atoms with Gasteiger partial charge < -0.3 is 11.1 Å². The molecular weight excluding hydrogens is 343 g/mol. The van der Waals surface area contributed by atoms with Crippen molar-refractivity contribution in [3.63, 3.8) is 0 Å². The van der Waals surface area contributed by atoms with E-state index in [1.54, 1.807) is 0 Å². The molecule has 1 aliphatic heterocycles. The maximum absolute atomic E-state index is 12.6. The van der Waals surface area contributed by atoms with E-state index >= 15 is 0 Å². The monoisotopic (exact) mass is 369 g/mol. The second-order valence-corrected chi connectivity index (χ2v) is 7.55. The number of likely N-dealkylation sites (tertiary alicyclic amines) is 1. The standard InChI is InChI=1S/C19H26F3N3O/c20-19(21,22)15-6-4-13(5-7-15)11-25-9-8-17(12-25)24-18(26)14-2-1-3-16(23)10-14/h4-7,14,16-17H,1-3,8-12,23H2,(H,24,26). The highest BCUT2D eigenvalue weighted by atomic mass is 19.4. The van der Waals surface area contributed by atoms with E-state index in [1.165, 1.54) is 12.1 Å². The van der Waals surface area contributed by atoms with Crippen molar-refractivity contribution in [1.29, 1.82) is 0 Å². The van der Waals surface area contributed by atoms with Gasteiger partial charge in [-0.1, -0.05) is 18.6 Å². The highest BCUT2D eigenvalue weighted by Gasteiger charge is 2.31. The van der Waals surface area contributed by atoms with Crippen LogP contribution in [0, 0.1) is 5.92 Å². The van der Waals surface area contributed by atoms with Gasteiger partial charge in [-0.2, -0.15) is 13.2 Å². The van der Waals surface area contributed by atoms with Crippen molar-refractivity contribution in [3.8, 4) is 0 Å². The molecule has 3 N–H and O–H groups in total. The second-order valence-electron chi connectivity index (χ2n) is 7.55. The van der Waals surface area contributed by atoms with Gasteiger partial charge in [0.2, 0.25) is 5.91 Å². The molecular formula is C19H26F3N3O. The third-order valence-corrected chi connectivity index (χ3v) is 5.39. The fraction of sp³-hybridized carbons (Fsp3) is 0.632. The number of nitrogens with one attached hydrogen (secondary N) is 1. The van der Waals surface area contributed by atoms with Crippen molar-refractivity contribution < 1.29 is 18.0 Å². The van der Waals surface area contributed by atoms with Crippen LogP contribution in [-0.2, 0) is 17.5 Å². The third-order valence-electron chi connectivity index (χ3n) is 5.39. The van der Waals surface area contributed by atoms with E-state index in [4.69, 9.17) is 5.73 Å². The van der Waals surface area contributed by atoms with Crippen LogP contribution in [0.1, 0.15) is 43.2 Å². The molecule has 1 aliphatic carbocycles. The van der Waals surface area contributed by atoms with Crippen molar-refractivity contribution in [1.82, 2.24) is 10.2 Å². The fourth-order valence-electron chi connectivity index (χ4n) is 3.94. The lowest BCUT2D eigenvalue weighted by atomic mass is 9.85. The molecule has 1 saturated heterocycles. The predicted molar refractivity (Wildman–Crippen MR) is 93.2 cm³/mol. The van der Waals surface area contributed by atoms with Crippen LogP contribution in [0.3, 0.4) is 0 Å². The third kappa shape index (κ3) is 4.98. The summed E-state index contributed by atoms with van der Waals surface area (Å²) in [5.41, 5.74) is 6.18. The maximum atomic E-state index is 12.6. The zero-order chi connectivity index (χ0) is 18.7. The summed E-state index contributed by atoms with van der Waals surface area (Å²) in [4.78, 5) is 14.6. The summed E-state index contributed by atoms with van der Waals surface area (Å²) in [6.45, 7) is 2.15. The van der Waals surface area contributed by atoms with E-state index in [9.17, 15) is 18.0 Å². The Bertz CT molecular complexity index is 617. The minimum absolute atomic E-state index is 0.0164. The SMILES string of the molecule is NC1CCCC(C(=O)NC2CCN(Cc3ccc(C(F)(F)F)cc3)C2)C1. The Morgan fingerprint density at radius 1 is 1.19 bits per heavy atom. The molecule has 0 spiro atoms. The first-order chi connectivity index (χ1) is 12.3. The molecule has 1 heterocycles. The summed E-state index contributed by atoms with van der Waals surface area (Å²) >= 11 is 0. The highest BCUT2D eigenvalue weighted by molar-refractivity contribution is 5.79. The Morgan fingerprint density at radius 3 is 2.58 bits per heavy atom. The van der Waals surface area contributed by atoms with Gasteiger partial charge in [0.15, 0.2) is 0 Å². The van der Waals surface area contributed by atoms with E-state index < -0.39 is 11.7 Å². The van der Waals surface area contributed by atoms with Crippen LogP contribution in [-0.4, -0.2) is 36.0 Å². The van der Waals surface area contributed by atoms with Gasteiger partial charge in [-0.3, -0.25) is 9.69 Å². The normalized spacial score (nSPS) is 27.5. The van der Waals surface area contributed by atoms with Crippen LogP contribution in [0.4, 0.5) is 13.2 Å². The Labute approximate surface area is 151 Å². The quantitative estimate of drug-likeness (QED) is 0.858. The Balaban J connectivity index is 1.47. The summed E-state index contributed by atoms with van der Waals surface area (Å²) in [5, 5.41) is 3.13. The molecule has 2 fully saturated rings. The highest BCUT2D eigenvalue weighted by Crippen LogP contribution is 2.29. The Hall–Kier alpha value is -1.60. The molecule has 1 aromatic rings. The van der Waals surface area contributed by atoms with Gasteiger partial charge in [0, 0.05) is 37.6 Å². The molecule has 1 aromatic carbocycles. The molecule has 144 valence electrons. The molecule has 3 unspecified atom stereocenters. The average molecular weight is 369 g/mol. The van der Waals surface area contributed by atoms with Crippen LogP contribution in [0.5, 0.6) is 0 Å². The van der Waals surface area contributed by atoms with E-state index in [1.807, 2.05) is 0 Å². The van der Waals surface area contributed by atoms with Crippen molar-refractivity contribution >= 4 is 5.91 Å². The maximum Gasteiger partial charge on any atom is 0.416 e. The summed E-state index contributed by atoms with van der Waals surface area (Å²) in [6.07, 6.45) is 0.224. The second kappa shape index (κ2) is 7.96. The Kier molecular flexibility index (Phi) is 5.87. The Morgan fingerprint density at radius 2 is 1.92 bits per heavy atom. The van der Waals surface area contributed by atoms with E-state index in [-0.39, 0.29) is 23.9 Å². The summed E-state index contributed by atoms with van der Waals surface area (Å²) in [7, 11) is 0. The molecule has 0 bridgehead atoms. The molecule has 3 atom stereocenters. The lowest BCUT2D eigenvalue weighted by Crippen LogP contribution is -2.43. The van der Waals surface area contributed by atoms with Gasteiger partial charge in [-0.05, 0) is 43.4 Å². The largest absolute Gasteiger partial charge is 0.416 e. The van der Waals surface area contributed by atoms with Crippen molar-refractivity contribution in [2.45, 2.75) is 56.9 Å². The van der Waals surface area contributed by atoms with Gasteiger partial charge >= 0.3 is 6.18 Å². The number of hydrogen-bond donors (Lipinski definition) is 2. The van der Waals surface area contributed by atoms with Gasteiger partial charge in [0.25, 0.3) is 0 Å². The molecule has 2 aliphatic rings. The average Bonchev–Trinajstić information content (AvgIpc) is 3.01. The van der Waals surface area contributed by atoms with Gasteiger partial charge in [-0.15, -0.1) is 0 Å². The van der Waals surface area contributed by atoms with Crippen molar-refractivity contribution in [2.24, 2.45) is 11.7 Å². The molecule has 1 saturated carbocycles. The lowest BCUT2D eigenvalue weighted by Gasteiger charge is -2.27. The molecule has 0 aromatic heterocycles. The number of amides is 1. The van der Waals surface area contributed by atoms with E-state index in [2.05, 4.69) is 10.2 Å². The first-order valence-electron chi connectivity index (χ1n) is 9.25. The molecule has 26 heavy (non-hydrogen) atoms. The van der Waals surface area contributed by atoms with Crippen LogP contribution >= 0.6 is 0 Å². The van der Waals surface area contributed by atoms with Gasteiger partial charge in [-0.25, -0.2) is 0 Å². The van der Waals surface area contributed by atoms with Crippen molar-refractivity contribution in [2.75, 3.05) is 13.1 Å². The first kappa shape index (κ1) is 19.2. The van der Waals surface area contributed by atoms with E-state index in [0.717, 1.165) is 62.9 Å². The molecule has 3 rings (SSSR count). The smallest absolute Gasteiger partial charge is 0.352 e. The number of benzene rings is 1. The molecule has 7 heteroatoms. The van der Waals surface area contributed by atoms with Crippen LogP contribution in [0.15, 0.2) is 24.3 Å². The van der Waals surface area contributed by atoms with Crippen molar-refractivity contribution in [3.05, 3.63) is 35.4 Å². The minimum atomic E-state index is -4.30. The van der Waals surface area contributed by atoms with Crippen LogP contribution in [0.2, 0.25) is 0 Å². The number of halogens is 3. The first-order valence-corrected chi connectivity index (χ1v) is 9.25. The number of hydrogen-bond acceptors (Lipinski definition) is 3. The number of alkyl halides is 3. The summed E-state index contributed by atoms with van der Waals surface area (Å²) in [6, 6.07) is 5.53. The number of carbonyl (C=O) groups is 1. The minimum Gasteiger partial charge on any atom is -0.352 e. The molecule has 1 amide bonds. The summed E-state index contributed by atoms with van der Waals surface area (Å²) in [5.74, 6) is 0.115. The van der Waals surface area contributed by atoms with Crippen LogP contribution < -0.4 is 11.1 Å². The summed E-state index contributed by atoms with van der Waals surface area (Å²) < 4.78 is 37.8. The number of nitrogens with two attached hydrogens (primary N) is 1. The predicted octanol–water partition coefficient (Wildman–Crippen LogP) is 2.91. The zero-order valence-electron chi connectivity index (χ0n) is 14.8. The molecule has 0 radical (unpaired) electrons. The van der Waals surface area contributed by atoms with Gasteiger partial charge in [0.1, 0.15) is 0 Å². The number of nitrogens with zero attached hydrogens (tertiary/aromatic N) is 1. The van der Waals surface area contributed by atoms with Gasteiger partial charge in [0.05, 0.1) is 5.56 Å². The topological polar surface area (TPSA) is 58.4 Å². The lowest BCUT2D eigenvalue weighted by molar-refractivity contribution is -0.137. The zero-order valence-corrected chi connectivity index (χ0v) is 14.8. The van der Waals surface area contributed by atoms with Crippen LogP contribution in [0.25, 0.3) is 0 Å². The fourth-order valence-corrected chi connectivity index (χ4v) is 3.94.